The highest BCUT2D eigenvalue weighted by Crippen LogP contribution is 2.45. The van der Waals surface area contributed by atoms with Crippen molar-refractivity contribution >= 4 is 29.1 Å². The number of likely N-dealkylation sites (tertiary alicyclic amines) is 1. The van der Waals surface area contributed by atoms with Gasteiger partial charge in [-0.1, -0.05) is 37.3 Å². The van der Waals surface area contributed by atoms with Crippen LogP contribution in [0.3, 0.4) is 0 Å². The monoisotopic (exact) mass is 285 g/mol. The van der Waals surface area contributed by atoms with Gasteiger partial charge in [-0.05, 0) is 12.5 Å². The average Bonchev–Trinajstić information content (AvgIpc) is 2.53. The van der Waals surface area contributed by atoms with Gasteiger partial charge in [0.25, 0.3) is 0 Å². The molecule has 0 N–H and O–H groups in total. The number of halogens is 2. The first kappa shape index (κ1) is 13.7. The maximum absolute atomic E-state index is 12.3. The molecular weight excluding hydrogens is 269 g/mol. The molecule has 1 aliphatic rings. The molecule has 1 amide bonds. The lowest BCUT2D eigenvalue weighted by Gasteiger charge is -2.30. The smallest absolute Gasteiger partial charge is 0.244 e. The summed E-state index contributed by atoms with van der Waals surface area (Å²) in [4.78, 5) is 13.2. The summed E-state index contributed by atoms with van der Waals surface area (Å²) in [7, 11) is 0. The molecule has 2 nitrogen and oxygen atoms in total. The van der Waals surface area contributed by atoms with Crippen molar-refractivity contribution in [1.82, 2.24) is 4.90 Å². The Hall–Kier alpha value is -0.730. The molecule has 1 fully saturated rings. The lowest BCUT2D eigenvalue weighted by Crippen LogP contribution is -2.42. The molecule has 2 rings (SSSR count). The minimum Gasteiger partial charge on any atom is -0.336 e. The van der Waals surface area contributed by atoms with Crippen LogP contribution in [0.2, 0.25) is 0 Å². The van der Waals surface area contributed by atoms with Crippen LogP contribution in [0.25, 0.3) is 0 Å². The zero-order valence-electron chi connectivity index (χ0n) is 10.6. The molecule has 1 aromatic rings. The van der Waals surface area contributed by atoms with Gasteiger partial charge in [0, 0.05) is 24.4 Å². The number of amides is 1. The Bertz CT molecular complexity index is 446. The predicted molar refractivity (Wildman–Crippen MR) is 74.9 cm³/mol. The van der Waals surface area contributed by atoms with Crippen molar-refractivity contribution in [2.45, 2.75) is 25.3 Å². The van der Waals surface area contributed by atoms with Crippen LogP contribution in [0.15, 0.2) is 30.3 Å². The maximum Gasteiger partial charge on any atom is 0.244 e. The first-order valence-electron chi connectivity index (χ1n) is 5.99. The number of hydrogen-bond acceptors (Lipinski definition) is 1. The standard InChI is InChI=1S/C14H17Cl2NO/c1-13(9-15)10-17(12(18)14(13,2)16)8-11-6-4-3-5-7-11/h3-7H,8-10H2,1-2H3/t13-,14-/m1/s1. The number of carbonyl (C=O) groups is 1. The normalized spacial score (nSPS) is 32.0. The SMILES string of the molecule is C[C@@]1(CCl)CN(Cc2ccccc2)C(=O)[C@@]1(C)Cl. The molecule has 0 saturated carbocycles. The quantitative estimate of drug-likeness (QED) is 0.781. The van der Waals surface area contributed by atoms with Crippen molar-refractivity contribution < 1.29 is 4.79 Å². The zero-order valence-corrected chi connectivity index (χ0v) is 12.1. The summed E-state index contributed by atoms with van der Waals surface area (Å²) in [5.41, 5.74) is 0.722. The van der Waals surface area contributed by atoms with Gasteiger partial charge in [0.2, 0.25) is 5.91 Å². The van der Waals surface area contributed by atoms with Crippen LogP contribution >= 0.6 is 23.2 Å². The van der Waals surface area contributed by atoms with Gasteiger partial charge in [-0.25, -0.2) is 0 Å². The third kappa shape index (κ3) is 2.12. The van der Waals surface area contributed by atoms with E-state index in [1.165, 1.54) is 0 Å². The molecule has 0 aromatic heterocycles. The lowest BCUT2D eigenvalue weighted by atomic mass is 9.82. The van der Waals surface area contributed by atoms with Crippen LogP contribution in [0.1, 0.15) is 19.4 Å². The molecule has 0 bridgehead atoms. The maximum atomic E-state index is 12.3. The van der Waals surface area contributed by atoms with Crippen molar-refractivity contribution in [3.05, 3.63) is 35.9 Å². The minimum absolute atomic E-state index is 0.0313. The van der Waals surface area contributed by atoms with Crippen LogP contribution in [0.5, 0.6) is 0 Å². The van der Waals surface area contributed by atoms with E-state index >= 15 is 0 Å². The highest BCUT2D eigenvalue weighted by atomic mass is 35.5. The Kier molecular flexibility index (Phi) is 3.61. The molecule has 0 spiro atoms. The van der Waals surface area contributed by atoms with Gasteiger partial charge in [0.1, 0.15) is 4.87 Å². The molecule has 1 saturated heterocycles. The van der Waals surface area contributed by atoms with Crippen LogP contribution in [-0.4, -0.2) is 28.1 Å². The van der Waals surface area contributed by atoms with E-state index in [0.717, 1.165) is 5.56 Å². The molecular formula is C14H17Cl2NO. The summed E-state index contributed by atoms with van der Waals surface area (Å²) in [5.74, 6) is 0.348. The molecule has 0 unspecified atom stereocenters. The van der Waals surface area contributed by atoms with Crippen LogP contribution in [0, 0.1) is 5.41 Å². The molecule has 2 atom stereocenters. The number of nitrogens with zero attached hydrogens (tertiary/aromatic N) is 1. The summed E-state index contributed by atoms with van der Waals surface area (Å²) in [5, 5.41) is 0. The Morgan fingerprint density at radius 3 is 2.39 bits per heavy atom. The summed E-state index contributed by atoms with van der Waals surface area (Å²) in [6.45, 7) is 4.93. The number of rotatable bonds is 3. The van der Waals surface area contributed by atoms with Gasteiger partial charge in [-0.3, -0.25) is 4.79 Å². The molecule has 4 heteroatoms. The van der Waals surface area contributed by atoms with Gasteiger partial charge < -0.3 is 4.90 Å². The van der Waals surface area contributed by atoms with E-state index in [9.17, 15) is 4.79 Å². The van der Waals surface area contributed by atoms with E-state index in [0.29, 0.717) is 19.0 Å². The third-order valence-electron chi connectivity index (χ3n) is 3.87. The second-order valence-corrected chi connectivity index (χ2v) is 6.37. The van der Waals surface area contributed by atoms with Crippen LogP contribution in [-0.2, 0) is 11.3 Å². The molecule has 1 aliphatic heterocycles. The summed E-state index contributed by atoms with van der Waals surface area (Å²) < 4.78 is 0. The van der Waals surface area contributed by atoms with Crippen molar-refractivity contribution in [1.29, 1.82) is 0 Å². The highest BCUT2D eigenvalue weighted by Gasteiger charge is 2.56. The van der Waals surface area contributed by atoms with Crippen LogP contribution in [0.4, 0.5) is 0 Å². The van der Waals surface area contributed by atoms with E-state index < -0.39 is 4.87 Å². The Morgan fingerprint density at radius 1 is 1.28 bits per heavy atom. The fourth-order valence-corrected chi connectivity index (χ4v) is 2.96. The fraction of sp³-hybridized carbons (Fsp3) is 0.500. The van der Waals surface area contributed by atoms with Crippen LogP contribution < -0.4 is 0 Å². The molecule has 98 valence electrons. The summed E-state index contributed by atoms with van der Waals surface area (Å²) in [6, 6.07) is 9.92. The average molecular weight is 286 g/mol. The highest BCUT2D eigenvalue weighted by molar-refractivity contribution is 6.36. The molecule has 18 heavy (non-hydrogen) atoms. The minimum atomic E-state index is -0.913. The zero-order chi connectivity index (χ0) is 13.4. The number of benzene rings is 1. The predicted octanol–water partition coefficient (Wildman–Crippen LogP) is 3.27. The number of alkyl halides is 2. The first-order chi connectivity index (χ1) is 8.40. The van der Waals surface area contributed by atoms with Crippen molar-refractivity contribution in [2.24, 2.45) is 5.41 Å². The van der Waals surface area contributed by atoms with E-state index in [4.69, 9.17) is 23.2 Å². The Balaban J connectivity index is 2.20. The second-order valence-electron chi connectivity index (χ2n) is 5.34. The van der Waals surface area contributed by atoms with Crippen molar-refractivity contribution in [2.75, 3.05) is 12.4 Å². The molecule has 1 aromatic carbocycles. The summed E-state index contributed by atoms with van der Waals surface area (Å²) in [6.07, 6.45) is 0. The lowest BCUT2D eigenvalue weighted by molar-refractivity contribution is -0.130. The molecule has 0 radical (unpaired) electrons. The van der Waals surface area contributed by atoms with Gasteiger partial charge in [-0.15, -0.1) is 23.2 Å². The second kappa shape index (κ2) is 4.75. The first-order valence-corrected chi connectivity index (χ1v) is 6.90. The third-order valence-corrected chi connectivity index (χ3v) is 5.08. The number of carbonyl (C=O) groups excluding carboxylic acids is 1. The topological polar surface area (TPSA) is 20.3 Å². The van der Waals surface area contributed by atoms with E-state index in [-0.39, 0.29) is 11.3 Å². The largest absolute Gasteiger partial charge is 0.336 e. The van der Waals surface area contributed by atoms with E-state index in [1.807, 2.05) is 37.3 Å². The summed E-state index contributed by atoms with van der Waals surface area (Å²) >= 11 is 12.4. The Labute approximate surface area is 118 Å². The van der Waals surface area contributed by atoms with Crippen molar-refractivity contribution in [3.8, 4) is 0 Å². The van der Waals surface area contributed by atoms with E-state index in [1.54, 1.807) is 11.8 Å². The number of hydrogen-bond donors (Lipinski definition) is 0. The van der Waals surface area contributed by atoms with Gasteiger partial charge in [-0.2, -0.15) is 0 Å². The Morgan fingerprint density at radius 2 is 1.89 bits per heavy atom. The fourth-order valence-electron chi connectivity index (χ4n) is 2.30. The van der Waals surface area contributed by atoms with Gasteiger partial charge in [0.15, 0.2) is 0 Å². The van der Waals surface area contributed by atoms with Crippen molar-refractivity contribution in [3.63, 3.8) is 0 Å². The van der Waals surface area contributed by atoms with Gasteiger partial charge >= 0.3 is 0 Å². The van der Waals surface area contributed by atoms with Gasteiger partial charge in [0.05, 0.1) is 0 Å². The molecule has 1 heterocycles. The van der Waals surface area contributed by atoms with E-state index in [2.05, 4.69) is 0 Å². The molecule has 0 aliphatic carbocycles.